The van der Waals surface area contributed by atoms with E-state index in [2.05, 4.69) is 35.7 Å². The Labute approximate surface area is 256 Å². The second-order valence-electron chi connectivity index (χ2n) is 11.9. The van der Waals surface area contributed by atoms with E-state index in [9.17, 15) is 31.5 Å². The van der Waals surface area contributed by atoms with E-state index in [1.165, 1.54) is 29.8 Å². The summed E-state index contributed by atoms with van der Waals surface area (Å²) in [5, 5.41) is 16.0. The number of aryl methyl sites for hydroxylation is 1. The molecule has 3 aromatic heterocycles. The van der Waals surface area contributed by atoms with Crippen LogP contribution in [0, 0.1) is 5.41 Å². The zero-order valence-corrected chi connectivity index (χ0v) is 25.5. The monoisotopic (exact) mass is 644 g/mol. The number of carbonyl (C=O) groups excluding carboxylic acids is 2. The predicted octanol–water partition coefficient (Wildman–Crippen LogP) is 4.51. The maximum Gasteiger partial charge on any atom is 0.393 e. The Morgan fingerprint density at radius 3 is 2.49 bits per heavy atom. The van der Waals surface area contributed by atoms with Gasteiger partial charge >= 0.3 is 12.2 Å². The van der Waals surface area contributed by atoms with Crippen LogP contribution in [0.25, 0.3) is 5.65 Å². The molecule has 0 bridgehead atoms. The van der Waals surface area contributed by atoms with Crippen LogP contribution in [0.1, 0.15) is 79.3 Å². The smallest absolute Gasteiger partial charge is 0.381 e. The van der Waals surface area contributed by atoms with Crippen LogP contribution in [0.3, 0.4) is 0 Å². The van der Waals surface area contributed by atoms with Crippen molar-refractivity contribution in [1.29, 1.82) is 0 Å². The number of urea groups is 1. The fraction of sp³-hybridized carbons (Fsp3) is 0.643. The Bertz CT molecular complexity index is 1470. The van der Waals surface area contributed by atoms with Gasteiger partial charge in [0.15, 0.2) is 11.3 Å². The number of methoxy groups -OCH3 is 1. The van der Waals surface area contributed by atoms with Crippen LogP contribution < -0.4 is 10.6 Å². The van der Waals surface area contributed by atoms with Gasteiger partial charge in [0.05, 0.1) is 42.7 Å². The first-order valence-electron chi connectivity index (χ1n) is 14.5. The Balaban J connectivity index is 0.000000219. The molecule has 3 amide bonds. The van der Waals surface area contributed by atoms with Gasteiger partial charge in [0.2, 0.25) is 0 Å². The Kier molecular flexibility index (Phi) is 10.3. The quantitative estimate of drug-likeness (QED) is 0.342. The largest absolute Gasteiger partial charge is 0.393 e. The van der Waals surface area contributed by atoms with Crippen molar-refractivity contribution in [2.24, 2.45) is 5.41 Å². The molecule has 0 spiro atoms. The third kappa shape index (κ3) is 9.31. The molecule has 12 nitrogen and oxygen atoms in total. The highest BCUT2D eigenvalue weighted by molar-refractivity contribution is 5.93. The number of fused-ring (bicyclic) bond motifs is 1. The van der Waals surface area contributed by atoms with Gasteiger partial charge in [-0.15, -0.1) is 0 Å². The molecule has 6 rings (SSSR count). The van der Waals surface area contributed by atoms with E-state index in [0.717, 1.165) is 31.6 Å². The number of rotatable bonds is 8. The van der Waals surface area contributed by atoms with Crippen LogP contribution >= 0.6 is 0 Å². The van der Waals surface area contributed by atoms with Crippen molar-refractivity contribution < 1.29 is 40.9 Å². The van der Waals surface area contributed by atoms with Crippen molar-refractivity contribution in [3.05, 3.63) is 41.1 Å². The van der Waals surface area contributed by atoms with Crippen LogP contribution in [-0.2, 0) is 17.7 Å². The van der Waals surface area contributed by atoms with E-state index < -0.39 is 36.6 Å². The molecule has 0 atom stereocenters. The highest BCUT2D eigenvalue weighted by Crippen LogP contribution is 2.41. The van der Waals surface area contributed by atoms with Gasteiger partial charge in [0.25, 0.3) is 11.8 Å². The molecule has 2 aliphatic carbocycles. The number of ether oxygens (including phenoxy) is 1. The standard InChI is InChI=1S/C17H20F5N5O.C7H9N3O2.C4H8O/c1-15(2,17(20,21)22)4-3-12-8-27-13(25-12)5-11(6-24-27)7-26-10-16(18,19)9-23-14(26)28;1-8-7(11)6-5(4-2-3-4)9-12-10-6;1-5-4-2-3-4/h5-6,8H,3-4,7,9-10H2,1-2H3,(H,23,28);4H,2-3H2,1H3,(H,8,11);4H,2-3H2,1H3. The first-order chi connectivity index (χ1) is 21.1. The lowest BCUT2D eigenvalue weighted by atomic mass is 9.86. The Morgan fingerprint density at radius 1 is 1.20 bits per heavy atom. The number of carbonyl (C=O) groups is 2. The van der Waals surface area contributed by atoms with Gasteiger partial charge in [-0.2, -0.15) is 18.3 Å². The summed E-state index contributed by atoms with van der Waals surface area (Å²) in [7, 11) is 3.32. The summed E-state index contributed by atoms with van der Waals surface area (Å²) in [6, 6.07) is 0.982. The minimum absolute atomic E-state index is 0.0752. The number of hydrogen-bond donors (Lipinski definition) is 2. The normalized spacial score (nSPS) is 18.0. The van der Waals surface area contributed by atoms with Gasteiger partial charge in [-0.3, -0.25) is 4.79 Å². The number of hydrogen-bond acceptors (Lipinski definition) is 8. The second-order valence-corrected chi connectivity index (χ2v) is 11.9. The summed E-state index contributed by atoms with van der Waals surface area (Å²) in [6.45, 7) is 0.805. The van der Waals surface area contributed by atoms with Crippen molar-refractivity contribution >= 4 is 17.6 Å². The minimum Gasteiger partial charge on any atom is -0.381 e. The van der Waals surface area contributed by atoms with E-state index in [4.69, 9.17) is 4.74 Å². The number of imidazole rings is 1. The van der Waals surface area contributed by atoms with Crippen LogP contribution in [0.15, 0.2) is 23.1 Å². The zero-order chi connectivity index (χ0) is 33.0. The number of aromatic nitrogens is 5. The molecule has 17 heteroatoms. The average Bonchev–Trinajstić information content (AvgIpc) is 3.92. The topological polar surface area (TPSA) is 140 Å². The summed E-state index contributed by atoms with van der Waals surface area (Å²) in [4.78, 5) is 28.2. The summed E-state index contributed by atoms with van der Waals surface area (Å²) in [5.74, 6) is -2.85. The molecule has 2 N–H and O–H groups in total. The van der Waals surface area contributed by atoms with E-state index in [0.29, 0.717) is 40.3 Å². The summed E-state index contributed by atoms with van der Waals surface area (Å²) >= 11 is 0. The lowest BCUT2D eigenvalue weighted by molar-refractivity contribution is -0.213. The molecule has 4 heterocycles. The maximum absolute atomic E-state index is 13.5. The van der Waals surface area contributed by atoms with Crippen molar-refractivity contribution in [2.75, 3.05) is 27.2 Å². The predicted molar refractivity (Wildman–Crippen MR) is 150 cm³/mol. The molecule has 0 unspecified atom stereocenters. The van der Waals surface area contributed by atoms with Crippen LogP contribution in [0.5, 0.6) is 0 Å². The third-order valence-electron chi connectivity index (χ3n) is 7.56. The molecule has 3 fully saturated rings. The molecule has 248 valence electrons. The molecular weight excluding hydrogens is 607 g/mol. The highest BCUT2D eigenvalue weighted by Gasteiger charge is 2.46. The van der Waals surface area contributed by atoms with E-state index >= 15 is 0 Å². The van der Waals surface area contributed by atoms with Gasteiger partial charge in [0, 0.05) is 26.6 Å². The number of amides is 3. The van der Waals surface area contributed by atoms with Crippen LogP contribution in [-0.4, -0.2) is 87.2 Å². The molecule has 3 aliphatic rings. The maximum atomic E-state index is 13.5. The molecule has 45 heavy (non-hydrogen) atoms. The molecule has 0 aromatic carbocycles. The molecule has 2 saturated carbocycles. The fourth-order valence-corrected chi connectivity index (χ4v) is 4.23. The first-order valence-corrected chi connectivity index (χ1v) is 14.5. The fourth-order valence-electron chi connectivity index (χ4n) is 4.23. The number of nitrogens with one attached hydrogen (secondary N) is 2. The first kappa shape index (κ1) is 34.0. The summed E-state index contributed by atoms with van der Waals surface area (Å²) in [5.41, 5.74) is 0.516. The SMILES string of the molecule is CC(C)(CCc1cn2ncc(CN3CC(F)(F)CNC3=O)cc2n1)C(F)(F)F.CNC(=O)c1nonc1C1CC1.COC1CC1. The van der Waals surface area contributed by atoms with Gasteiger partial charge in [-0.05, 0) is 55.3 Å². The van der Waals surface area contributed by atoms with E-state index in [1.54, 1.807) is 20.2 Å². The molecule has 0 radical (unpaired) electrons. The molecule has 3 aromatic rings. The highest BCUT2D eigenvalue weighted by atomic mass is 19.4. The van der Waals surface area contributed by atoms with E-state index in [-0.39, 0.29) is 25.3 Å². The van der Waals surface area contributed by atoms with Crippen LogP contribution in [0.4, 0.5) is 26.7 Å². The van der Waals surface area contributed by atoms with Crippen molar-refractivity contribution in [3.8, 4) is 0 Å². The summed E-state index contributed by atoms with van der Waals surface area (Å²) < 4.78 is 76.7. The number of alkyl halides is 5. The zero-order valence-electron chi connectivity index (χ0n) is 25.5. The lowest BCUT2D eigenvalue weighted by Crippen LogP contribution is -2.56. The molecule has 1 saturated heterocycles. The molecular formula is C28H37F5N8O4. The van der Waals surface area contributed by atoms with E-state index in [1.807, 2.05) is 0 Å². The van der Waals surface area contributed by atoms with Crippen molar-refractivity contribution in [2.45, 2.75) is 83.0 Å². The van der Waals surface area contributed by atoms with Gasteiger partial charge in [0.1, 0.15) is 5.69 Å². The molecule has 1 aliphatic heterocycles. The number of nitrogens with zero attached hydrogens (tertiary/aromatic N) is 6. The van der Waals surface area contributed by atoms with Crippen molar-refractivity contribution in [1.82, 2.24) is 40.4 Å². The Hall–Kier alpha value is -3.89. The van der Waals surface area contributed by atoms with Gasteiger partial charge < -0.3 is 20.3 Å². The van der Waals surface area contributed by atoms with Gasteiger partial charge in [-0.25, -0.2) is 27.7 Å². The third-order valence-corrected chi connectivity index (χ3v) is 7.56. The lowest BCUT2D eigenvalue weighted by Gasteiger charge is -2.32. The second kappa shape index (κ2) is 13.6. The average molecular weight is 645 g/mol. The summed E-state index contributed by atoms with van der Waals surface area (Å²) in [6.07, 6.45) is 4.00. The number of halogens is 5. The Morgan fingerprint density at radius 2 is 1.91 bits per heavy atom. The van der Waals surface area contributed by atoms with Gasteiger partial charge in [-0.1, -0.05) is 19.0 Å². The van der Waals surface area contributed by atoms with Crippen LogP contribution in [0.2, 0.25) is 0 Å². The minimum atomic E-state index is -4.31. The van der Waals surface area contributed by atoms with Crippen molar-refractivity contribution in [3.63, 3.8) is 0 Å².